The fourth-order valence-electron chi connectivity index (χ4n) is 2.76. The maximum atomic E-state index is 12.3. The molecule has 1 heterocycles. The number of amides is 1. The Bertz CT molecular complexity index is 508. The van der Waals surface area contributed by atoms with Crippen molar-refractivity contribution >= 4 is 5.91 Å². The number of carbonyl (C=O) groups excluding carboxylic acids is 1. The van der Waals surface area contributed by atoms with Gasteiger partial charge in [0.25, 0.3) is 5.91 Å². The number of hydrogen-bond acceptors (Lipinski definition) is 3. The molecule has 1 aromatic carbocycles. The molecule has 2 rings (SSSR count). The summed E-state index contributed by atoms with van der Waals surface area (Å²) in [6.07, 6.45) is 1.66. The number of piperidine rings is 1. The highest BCUT2D eigenvalue weighted by molar-refractivity contribution is 5.81. The number of benzene rings is 1. The second kappa shape index (κ2) is 7.63. The zero-order valence-electron chi connectivity index (χ0n) is 14.1. The summed E-state index contributed by atoms with van der Waals surface area (Å²) in [7, 11) is 0. The van der Waals surface area contributed by atoms with Crippen LogP contribution in [0.1, 0.15) is 50.7 Å². The van der Waals surface area contributed by atoms with Crippen LogP contribution in [0, 0.1) is 6.92 Å². The molecule has 0 spiro atoms. The normalized spacial score (nSPS) is 19.8. The summed E-state index contributed by atoms with van der Waals surface area (Å²) in [5.41, 5.74) is 2.29. The van der Waals surface area contributed by atoms with Gasteiger partial charge in [-0.15, -0.1) is 0 Å². The van der Waals surface area contributed by atoms with Gasteiger partial charge in [0, 0.05) is 12.6 Å². The van der Waals surface area contributed by atoms with E-state index in [0.29, 0.717) is 5.92 Å². The number of aryl methyl sites for hydroxylation is 1. The van der Waals surface area contributed by atoms with E-state index in [1.54, 1.807) is 0 Å². The van der Waals surface area contributed by atoms with Gasteiger partial charge in [0.05, 0.1) is 0 Å². The van der Waals surface area contributed by atoms with Crippen LogP contribution in [0.5, 0.6) is 5.75 Å². The lowest BCUT2D eigenvalue weighted by Crippen LogP contribution is -2.49. The van der Waals surface area contributed by atoms with Gasteiger partial charge in [0.2, 0.25) is 0 Å². The van der Waals surface area contributed by atoms with Crippen LogP contribution in [0.25, 0.3) is 0 Å². The molecule has 1 amide bonds. The van der Waals surface area contributed by atoms with Crippen LogP contribution >= 0.6 is 0 Å². The molecule has 1 fully saturated rings. The van der Waals surface area contributed by atoms with Crippen LogP contribution in [0.15, 0.2) is 18.2 Å². The Kier molecular flexibility index (Phi) is 5.83. The lowest BCUT2D eigenvalue weighted by molar-refractivity contribution is -0.128. The second-order valence-corrected chi connectivity index (χ2v) is 6.51. The molecule has 0 bridgehead atoms. The van der Waals surface area contributed by atoms with Crippen molar-refractivity contribution in [3.63, 3.8) is 0 Å². The smallest absolute Gasteiger partial charge is 0.261 e. The summed E-state index contributed by atoms with van der Waals surface area (Å²) < 4.78 is 5.96. The van der Waals surface area contributed by atoms with Crippen LogP contribution in [-0.2, 0) is 4.79 Å². The molecule has 122 valence electrons. The minimum Gasteiger partial charge on any atom is -0.481 e. The molecule has 1 aromatic rings. The van der Waals surface area contributed by atoms with Crippen LogP contribution in [0.3, 0.4) is 0 Å². The van der Waals surface area contributed by atoms with Crippen LogP contribution in [0.2, 0.25) is 0 Å². The molecule has 0 radical (unpaired) electrons. The average Bonchev–Trinajstić information content (AvgIpc) is 2.48. The Morgan fingerprint density at radius 1 is 1.36 bits per heavy atom. The molecule has 2 N–H and O–H groups in total. The first-order valence-electron chi connectivity index (χ1n) is 8.25. The monoisotopic (exact) mass is 304 g/mol. The summed E-state index contributed by atoms with van der Waals surface area (Å²) in [5.74, 6) is 1.15. The first-order valence-corrected chi connectivity index (χ1v) is 8.25. The third-order valence-corrected chi connectivity index (χ3v) is 4.11. The van der Waals surface area contributed by atoms with Crippen molar-refractivity contribution in [2.75, 3.05) is 13.1 Å². The lowest BCUT2D eigenvalue weighted by Gasteiger charge is -2.26. The van der Waals surface area contributed by atoms with Gasteiger partial charge < -0.3 is 15.4 Å². The van der Waals surface area contributed by atoms with E-state index in [1.807, 2.05) is 19.9 Å². The molecule has 0 aromatic heterocycles. The standard InChI is InChI=1S/C18H28N2O2/c1-12(2)16-8-7-13(3)10-17(16)22-14(4)18(21)20-15-6-5-9-19-11-15/h7-8,10,12,14-15,19H,5-6,9,11H2,1-4H3,(H,20,21)/t14?,15-/m0/s1. The molecule has 0 aliphatic carbocycles. The van der Waals surface area contributed by atoms with Gasteiger partial charge in [0.15, 0.2) is 6.10 Å². The van der Waals surface area contributed by atoms with E-state index in [1.165, 1.54) is 0 Å². The molecule has 1 aliphatic rings. The maximum absolute atomic E-state index is 12.3. The van der Waals surface area contributed by atoms with Crippen molar-refractivity contribution in [2.45, 2.75) is 58.6 Å². The van der Waals surface area contributed by atoms with E-state index in [2.05, 4.69) is 36.6 Å². The first kappa shape index (κ1) is 16.8. The predicted molar refractivity (Wildman–Crippen MR) is 89.4 cm³/mol. The summed E-state index contributed by atoms with van der Waals surface area (Å²) in [4.78, 5) is 12.3. The number of hydrogen-bond donors (Lipinski definition) is 2. The maximum Gasteiger partial charge on any atom is 0.261 e. The molecule has 1 aliphatic heterocycles. The van der Waals surface area contributed by atoms with E-state index < -0.39 is 6.10 Å². The van der Waals surface area contributed by atoms with Crippen LogP contribution in [0.4, 0.5) is 0 Å². The zero-order chi connectivity index (χ0) is 16.1. The van der Waals surface area contributed by atoms with Gasteiger partial charge in [-0.05, 0) is 56.3 Å². The van der Waals surface area contributed by atoms with Crippen molar-refractivity contribution in [3.8, 4) is 5.75 Å². The predicted octanol–water partition coefficient (Wildman–Crippen LogP) is 2.75. The van der Waals surface area contributed by atoms with E-state index in [4.69, 9.17) is 4.74 Å². The molecule has 1 saturated heterocycles. The molecular weight excluding hydrogens is 276 g/mol. The van der Waals surface area contributed by atoms with Gasteiger partial charge in [-0.25, -0.2) is 0 Å². The SMILES string of the molecule is Cc1ccc(C(C)C)c(OC(C)C(=O)N[C@H]2CCCNC2)c1. The Morgan fingerprint density at radius 3 is 2.77 bits per heavy atom. The van der Waals surface area contributed by atoms with Gasteiger partial charge in [-0.2, -0.15) is 0 Å². The minimum atomic E-state index is -0.485. The molecule has 4 nitrogen and oxygen atoms in total. The summed E-state index contributed by atoms with van der Waals surface area (Å²) in [6.45, 7) is 10.0. The summed E-state index contributed by atoms with van der Waals surface area (Å²) >= 11 is 0. The number of carbonyl (C=O) groups is 1. The highest BCUT2D eigenvalue weighted by atomic mass is 16.5. The number of nitrogens with one attached hydrogen (secondary N) is 2. The molecular formula is C18H28N2O2. The highest BCUT2D eigenvalue weighted by Crippen LogP contribution is 2.28. The third-order valence-electron chi connectivity index (χ3n) is 4.11. The number of ether oxygens (including phenoxy) is 1. The Morgan fingerprint density at radius 2 is 2.14 bits per heavy atom. The average molecular weight is 304 g/mol. The first-order chi connectivity index (χ1) is 10.5. The molecule has 0 saturated carbocycles. The van der Waals surface area contributed by atoms with Crippen molar-refractivity contribution in [1.29, 1.82) is 0 Å². The van der Waals surface area contributed by atoms with Gasteiger partial charge in [-0.3, -0.25) is 4.79 Å². The third kappa shape index (κ3) is 4.47. The quantitative estimate of drug-likeness (QED) is 0.879. The minimum absolute atomic E-state index is 0.0371. The largest absolute Gasteiger partial charge is 0.481 e. The lowest BCUT2D eigenvalue weighted by atomic mass is 10.0. The van der Waals surface area contributed by atoms with Crippen molar-refractivity contribution in [1.82, 2.24) is 10.6 Å². The molecule has 2 atom stereocenters. The Hall–Kier alpha value is -1.55. The van der Waals surface area contributed by atoms with Crippen LogP contribution in [-0.4, -0.2) is 31.1 Å². The van der Waals surface area contributed by atoms with Crippen molar-refractivity contribution in [3.05, 3.63) is 29.3 Å². The van der Waals surface area contributed by atoms with Crippen LogP contribution < -0.4 is 15.4 Å². The topological polar surface area (TPSA) is 50.4 Å². The number of rotatable bonds is 5. The van der Waals surface area contributed by atoms with E-state index in [0.717, 1.165) is 42.8 Å². The van der Waals surface area contributed by atoms with Gasteiger partial charge in [-0.1, -0.05) is 26.0 Å². The molecule has 1 unspecified atom stereocenters. The summed E-state index contributed by atoms with van der Waals surface area (Å²) in [6, 6.07) is 6.40. The fraction of sp³-hybridized carbons (Fsp3) is 0.611. The van der Waals surface area contributed by atoms with E-state index in [-0.39, 0.29) is 11.9 Å². The summed E-state index contributed by atoms with van der Waals surface area (Å²) in [5, 5.41) is 6.38. The zero-order valence-corrected chi connectivity index (χ0v) is 14.1. The van der Waals surface area contributed by atoms with Crippen molar-refractivity contribution < 1.29 is 9.53 Å². The van der Waals surface area contributed by atoms with Gasteiger partial charge in [0.1, 0.15) is 5.75 Å². The Labute approximate surface area is 133 Å². The van der Waals surface area contributed by atoms with E-state index in [9.17, 15) is 4.79 Å². The van der Waals surface area contributed by atoms with E-state index >= 15 is 0 Å². The second-order valence-electron chi connectivity index (χ2n) is 6.51. The molecule has 4 heteroatoms. The van der Waals surface area contributed by atoms with Crippen molar-refractivity contribution in [2.24, 2.45) is 0 Å². The van der Waals surface area contributed by atoms with Gasteiger partial charge >= 0.3 is 0 Å². The fourth-order valence-corrected chi connectivity index (χ4v) is 2.76. The highest BCUT2D eigenvalue weighted by Gasteiger charge is 2.21. The Balaban J connectivity index is 1.99. The molecule has 22 heavy (non-hydrogen) atoms.